The molecule has 0 aliphatic carbocycles. The van der Waals surface area contributed by atoms with E-state index in [0.29, 0.717) is 16.1 Å². The highest BCUT2D eigenvalue weighted by molar-refractivity contribution is 6.42. The Bertz CT molecular complexity index is 873. The monoisotopic (exact) mass is 436 g/mol. The summed E-state index contributed by atoms with van der Waals surface area (Å²) in [6.45, 7) is 3.02. The number of ether oxygens (including phenoxy) is 1. The number of benzene rings is 2. The van der Waals surface area contributed by atoms with Crippen molar-refractivity contribution in [3.8, 4) is 5.75 Å². The molecule has 0 fully saturated rings. The van der Waals surface area contributed by atoms with Crippen molar-refractivity contribution in [3.05, 3.63) is 59.5 Å². The zero-order valence-electron chi connectivity index (χ0n) is 13.5. The van der Waals surface area contributed by atoms with E-state index in [9.17, 15) is 14.9 Å². The van der Waals surface area contributed by atoms with E-state index in [0.717, 1.165) is 6.07 Å². The Labute approximate surface area is 169 Å². The lowest BCUT2D eigenvalue weighted by Gasteiger charge is -2.15. The number of rotatable bonds is 5. The van der Waals surface area contributed by atoms with Crippen LogP contribution in [0, 0.1) is 24.0 Å². The molecular formula is C16H12Cl4N2O4. The topological polar surface area (TPSA) is 81.5 Å². The summed E-state index contributed by atoms with van der Waals surface area (Å²) in [5, 5.41) is 14.1. The minimum Gasteiger partial charge on any atom is -0.481 e. The van der Waals surface area contributed by atoms with Crippen LogP contribution in [0.1, 0.15) is 11.1 Å². The van der Waals surface area contributed by atoms with Crippen molar-refractivity contribution in [2.75, 3.05) is 11.9 Å². The van der Waals surface area contributed by atoms with Gasteiger partial charge in [-0.05, 0) is 31.0 Å². The number of nitro groups is 1. The lowest BCUT2D eigenvalue weighted by Crippen LogP contribution is -2.20. The molecule has 26 heavy (non-hydrogen) atoms. The van der Waals surface area contributed by atoms with Crippen molar-refractivity contribution in [1.82, 2.24) is 0 Å². The SMILES string of the molecule is Cc1c(Cl)c(C)c(Cl)c(OCC(=O)Nc2ccc([N+](=O)[O-])cc2Cl)c1Cl. The van der Waals surface area contributed by atoms with E-state index < -0.39 is 17.4 Å². The first kappa shape index (κ1) is 20.6. The van der Waals surface area contributed by atoms with Gasteiger partial charge in [0.1, 0.15) is 0 Å². The summed E-state index contributed by atoms with van der Waals surface area (Å²) in [5.74, 6) is -0.393. The lowest BCUT2D eigenvalue weighted by atomic mass is 10.1. The highest BCUT2D eigenvalue weighted by Gasteiger charge is 2.19. The van der Waals surface area contributed by atoms with Crippen molar-refractivity contribution in [1.29, 1.82) is 0 Å². The van der Waals surface area contributed by atoms with E-state index in [-0.39, 0.29) is 32.2 Å². The Morgan fingerprint density at radius 3 is 2.19 bits per heavy atom. The molecule has 0 atom stereocenters. The number of hydrogen-bond acceptors (Lipinski definition) is 4. The quantitative estimate of drug-likeness (QED) is 0.470. The smallest absolute Gasteiger partial charge is 0.271 e. The Morgan fingerprint density at radius 1 is 1.12 bits per heavy atom. The van der Waals surface area contributed by atoms with E-state index >= 15 is 0 Å². The summed E-state index contributed by atoms with van der Waals surface area (Å²) >= 11 is 24.4. The third-order valence-electron chi connectivity index (χ3n) is 3.50. The average Bonchev–Trinajstić information content (AvgIpc) is 2.59. The number of anilines is 1. The third-order valence-corrected chi connectivity index (χ3v) is 5.29. The zero-order valence-corrected chi connectivity index (χ0v) is 16.6. The van der Waals surface area contributed by atoms with Crippen LogP contribution in [-0.2, 0) is 4.79 Å². The molecular weight excluding hydrogens is 426 g/mol. The summed E-state index contributed by atoms with van der Waals surface area (Å²) in [6.07, 6.45) is 0. The number of amides is 1. The van der Waals surface area contributed by atoms with Crippen LogP contribution in [-0.4, -0.2) is 17.4 Å². The molecule has 0 aliphatic rings. The second-order valence-electron chi connectivity index (χ2n) is 5.28. The van der Waals surface area contributed by atoms with Gasteiger partial charge in [0.25, 0.3) is 11.6 Å². The molecule has 0 bridgehead atoms. The number of nitro benzene ring substituents is 1. The number of halogens is 4. The van der Waals surface area contributed by atoms with Crippen LogP contribution in [0.15, 0.2) is 18.2 Å². The summed E-state index contributed by atoms with van der Waals surface area (Å²) in [6, 6.07) is 3.69. The van der Waals surface area contributed by atoms with Gasteiger partial charge in [-0.2, -0.15) is 0 Å². The standard InChI is InChI=1S/C16H12Cl4N2O4/c1-7-13(18)8(2)15(20)16(14(7)19)26-6-12(23)21-11-4-3-9(22(24)25)5-10(11)17/h3-5H,6H2,1-2H3,(H,21,23). The first-order valence-corrected chi connectivity index (χ1v) is 8.65. The summed E-state index contributed by atoms with van der Waals surface area (Å²) in [4.78, 5) is 22.2. The Hall–Kier alpha value is -1.73. The van der Waals surface area contributed by atoms with E-state index in [1.54, 1.807) is 13.8 Å². The first-order valence-electron chi connectivity index (χ1n) is 7.13. The molecule has 10 heteroatoms. The van der Waals surface area contributed by atoms with Gasteiger partial charge in [0.15, 0.2) is 12.4 Å². The number of hydrogen-bond donors (Lipinski definition) is 1. The number of nitrogens with one attached hydrogen (secondary N) is 1. The minimum absolute atomic E-state index is 0.0294. The van der Waals surface area contributed by atoms with E-state index in [1.165, 1.54) is 12.1 Å². The molecule has 0 spiro atoms. The second kappa shape index (κ2) is 8.31. The molecule has 2 aromatic rings. The van der Waals surface area contributed by atoms with Gasteiger partial charge in [0.2, 0.25) is 0 Å². The van der Waals surface area contributed by atoms with Crippen LogP contribution in [0.3, 0.4) is 0 Å². The van der Waals surface area contributed by atoms with Crippen LogP contribution < -0.4 is 10.1 Å². The maximum Gasteiger partial charge on any atom is 0.271 e. The van der Waals surface area contributed by atoms with Crippen LogP contribution in [0.5, 0.6) is 5.75 Å². The van der Waals surface area contributed by atoms with Gasteiger partial charge in [-0.1, -0.05) is 46.4 Å². The van der Waals surface area contributed by atoms with Gasteiger partial charge in [-0.25, -0.2) is 0 Å². The van der Waals surface area contributed by atoms with Gasteiger partial charge in [-0.3, -0.25) is 14.9 Å². The van der Waals surface area contributed by atoms with Gasteiger partial charge in [-0.15, -0.1) is 0 Å². The predicted octanol–water partition coefficient (Wildman–Crippen LogP) is 5.84. The lowest BCUT2D eigenvalue weighted by molar-refractivity contribution is -0.384. The van der Waals surface area contributed by atoms with Gasteiger partial charge >= 0.3 is 0 Å². The molecule has 0 aromatic heterocycles. The fourth-order valence-corrected chi connectivity index (χ4v) is 3.12. The molecule has 2 aromatic carbocycles. The van der Waals surface area contributed by atoms with Crippen molar-refractivity contribution < 1.29 is 14.5 Å². The number of nitrogens with zero attached hydrogens (tertiary/aromatic N) is 1. The summed E-state index contributed by atoms with van der Waals surface area (Å²) < 4.78 is 5.43. The number of non-ortho nitro benzene ring substituents is 1. The molecule has 0 saturated heterocycles. The van der Waals surface area contributed by atoms with Crippen LogP contribution in [0.2, 0.25) is 20.1 Å². The maximum absolute atomic E-state index is 12.1. The summed E-state index contributed by atoms with van der Waals surface area (Å²) in [7, 11) is 0. The predicted molar refractivity (Wildman–Crippen MR) is 103 cm³/mol. The molecule has 0 unspecified atom stereocenters. The van der Waals surface area contributed by atoms with Crippen molar-refractivity contribution >= 4 is 63.7 Å². The Morgan fingerprint density at radius 2 is 1.69 bits per heavy atom. The molecule has 138 valence electrons. The Kier molecular flexibility index (Phi) is 6.58. The molecule has 1 amide bonds. The van der Waals surface area contributed by atoms with Crippen molar-refractivity contribution in [2.24, 2.45) is 0 Å². The van der Waals surface area contributed by atoms with Crippen LogP contribution in [0.25, 0.3) is 0 Å². The normalized spacial score (nSPS) is 10.5. The zero-order chi connectivity index (χ0) is 19.6. The summed E-state index contributed by atoms with van der Waals surface area (Å²) in [5.41, 5.74) is 1.20. The van der Waals surface area contributed by atoms with Gasteiger partial charge in [0, 0.05) is 17.2 Å². The molecule has 0 heterocycles. The Balaban J connectivity index is 2.12. The molecule has 0 aliphatic heterocycles. The second-order valence-corrected chi connectivity index (χ2v) is 6.82. The average molecular weight is 438 g/mol. The fourth-order valence-electron chi connectivity index (χ4n) is 2.08. The highest BCUT2D eigenvalue weighted by Crippen LogP contribution is 2.42. The molecule has 2 rings (SSSR count). The van der Waals surface area contributed by atoms with Gasteiger partial charge in [0.05, 0.1) is 25.7 Å². The van der Waals surface area contributed by atoms with Crippen molar-refractivity contribution in [3.63, 3.8) is 0 Å². The highest BCUT2D eigenvalue weighted by atomic mass is 35.5. The molecule has 6 nitrogen and oxygen atoms in total. The van der Waals surface area contributed by atoms with Crippen LogP contribution >= 0.6 is 46.4 Å². The molecule has 0 saturated carbocycles. The van der Waals surface area contributed by atoms with Crippen molar-refractivity contribution in [2.45, 2.75) is 13.8 Å². The molecule has 1 N–H and O–H groups in total. The molecule has 0 radical (unpaired) electrons. The number of carbonyl (C=O) groups is 1. The number of carbonyl (C=O) groups excluding carboxylic acids is 1. The van der Waals surface area contributed by atoms with E-state index in [1.807, 2.05) is 0 Å². The fraction of sp³-hybridized carbons (Fsp3) is 0.188. The first-order chi connectivity index (χ1) is 12.1. The van der Waals surface area contributed by atoms with E-state index in [2.05, 4.69) is 5.32 Å². The van der Waals surface area contributed by atoms with Crippen LogP contribution in [0.4, 0.5) is 11.4 Å². The van der Waals surface area contributed by atoms with Gasteiger partial charge < -0.3 is 10.1 Å². The van der Waals surface area contributed by atoms with E-state index in [4.69, 9.17) is 51.1 Å². The third kappa shape index (κ3) is 4.32. The largest absolute Gasteiger partial charge is 0.481 e. The minimum atomic E-state index is -0.588. The maximum atomic E-state index is 12.1.